The Balaban J connectivity index is 1.69. The molecule has 1 heterocycles. The van der Waals surface area contributed by atoms with Crippen LogP contribution >= 0.6 is 0 Å². The number of aliphatic carboxylic acids is 1. The fraction of sp³-hybridized carbons (Fsp3) is 0.143. The molecule has 0 fully saturated rings. The predicted molar refractivity (Wildman–Crippen MR) is 137 cm³/mol. The van der Waals surface area contributed by atoms with Gasteiger partial charge in [0.1, 0.15) is 6.04 Å². The molecule has 0 radical (unpaired) electrons. The molecule has 3 aromatic carbocycles. The van der Waals surface area contributed by atoms with Gasteiger partial charge in [0, 0.05) is 17.2 Å². The third-order valence-electron chi connectivity index (χ3n) is 5.82. The second kappa shape index (κ2) is 11.2. The second-order valence-corrected chi connectivity index (χ2v) is 8.61. The van der Waals surface area contributed by atoms with Crippen LogP contribution in [0.25, 0.3) is 22.4 Å². The number of carboxylic acids is 1. The number of nitrogens with zero attached hydrogens (tertiary/aromatic N) is 3. The van der Waals surface area contributed by atoms with Crippen LogP contribution in [0.4, 0.5) is 19.1 Å². The number of hydrogen-bond acceptors (Lipinski definition) is 7. The molecule has 198 valence electrons. The molecule has 1 aromatic heterocycles. The van der Waals surface area contributed by atoms with Crippen LogP contribution in [0.15, 0.2) is 78.9 Å². The van der Waals surface area contributed by atoms with Gasteiger partial charge in [0.15, 0.2) is 0 Å². The number of halogens is 3. The third kappa shape index (κ3) is 6.49. The summed E-state index contributed by atoms with van der Waals surface area (Å²) in [7, 11) is 0. The molecule has 0 aliphatic heterocycles. The quantitative estimate of drug-likeness (QED) is 0.290. The highest BCUT2D eigenvalue weighted by molar-refractivity contribution is 5.73. The first kappa shape index (κ1) is 27.1. The van der Waals surface area contributed by atoms with Gasteiger partial charge >= 0.3 is 12.1 Å². The topological polar surface area (TPSA) is 148 Å². The number of carboxylic acid groups (broad SMARTS) is 1. The van der Waals surface area contributed by atoms with Crippen molar-refractivity contribution in [2.24, 2.45) is 5.73 Å². The number of benzene rings is 3. The lowest BCUT2D eigenvalue weighted by molar-refractivity contribution is -0.198. The van der Waals surface area contributed by atoms with Crippen molar-refractivity contribution in [3.63, 3.8) is 0 Å². The molecule has 0 aliphatic rings. The number of aromatic nitrogens is 2. The average molecular weight is 534 g/mol. The van der Waals surface area contributed by atoms with Crippen LogP contribution in [0, 0.1) is 11.3 Å². The fourth-order valence-electron chi connectivity index (χ4n) is 3.98. The van der Waals surface area contributed by atoms with E-state index in [0.29, 0.717) is 22.3 Å². The zero-order valence-corrected chi connectivity index (χ0v) is 20.3. The highest BCUT2D eigenvalue weighted by atomic mass is 19.4. The molecule has 0 saturated heterocycles. The largest absolute Gasteiger partial charge is 0.480 e. The van der Waals surface area contributed by atoms with Gasteiger partial charge in [-0.15, -0.1) is 0 Å². The van der Waals surface area contributed by atoms with Crippen molar-refractivity contribution in [2.75, 3.05) is 5.73 Å². The SMILES string of the molecule is N#Cc1cccc(-c2ccccc2C(Oc2cc(-c3ccc(C[C@H](N)C(=O)O)cc3)nc(N)n2)C(F)(F)F)c1. The maximum atomic E-state index is 14.4. The molecule has 5 N–H and O–H groups in total. The lowest BCUT2D eigenvalue weighted by Gasteiger charge is -2.24. The summed E-state index contributed by atoms with van der Waals surface area (Å²) in [4.78, 5) is 19.0. The number of ether oxygens (including phenoxy) is 1. The first-order chi connectivity index (χ1) is 18.5. The smallest absolute Gasteiger partial charge is 0.429 e. The number of nitrogens with two attached hydrogens (primary N) is 2. The Bertz CT molecular complexity index is 1530. The Morgan fingerprint density at radius 2 is 1.72 bits per heavy atom. The van der Waals surface area contributed by atoms with Crippen LogP contribution in [0.2, 0.25) is 0 Å². The van der Waals surface area contributed by atoms with Crippen molar-refractivity contribution < 1.29 is 27.8 Å². The number of nitrogen functional groups attached to an aromatic ring is 1. The number of alkyl halides is 3. The minimum absolute atomic E-state index is 0.0971. The van der Waals surface area contributed by atoms with E-state index in [-0.39, 0.29) is 29.2 Å². The van der Waals surface area contributed by atoms with Gasteiger partial charge in [0.05, 0.1) is 17.3 Å². The highest BCUT2D eigenvalue weighted by Gasteiger charge is 2.44. The molecule has 0 bridgehead atoms. The number of hydrogen-bond donors (Lipinski definition) is 3. The minimum Gasteiger partial charge on any atom is -0.480 e. The summed E-state index contributed by atoms with van der Waals surface area (Å²) in [6.07, 6.45) is -7.13. The first-order valence-electron chi connectivity index (χ1n) is 11.6. The van der Waals surface area contributed by atoms with Gasteiger partial charge in [-0.3, -0.25) is 4.79 Å². The fourth-order valence-corrected chi connectivity index (χ4v) is 3.98. The number of rotatable bonds is 8. The van der Waals surface area contributed by atoms with Crippen molar-refractivity contribution in [2.45, 2.75) is 24.7 Å². The molecule has 0 amide bonds. The molecule has 8 nitrogen and oxygen atoms in total. The predicted octanol–water partition coefficient (Wildman–Crippen LogP) is 4.90. The Morgan fingerprint density at radius 1 is 1.00 bits per heavy atom. The number of carbonyl (C=O) groups is 1. The van der Waals surface area contributed by atoms with E-state index in [2.05, 4.69) is 9.97 Å². The van der Waals surface area contributed by atoms with E-state index in [0.717, 1.165) is 0 Å². The van der Waals surface area contributed by atoms with Crippen molar-refractivity contribution in [3.05, 3.63) is 95.6 Å². The van der Waals surface area contributed by atoms with Crippen LogP contribution in [-0.2, 0) is 11.2 Å². The number of nitriles is 1. The first-order valence-corrected chi connectivity index (χ1v) is 11.6. The Morgan fingerprint density at radius 3 is 2.38 bits per heavy atom. The van der Waals surface area contributed by atoms with Gasteiger partial charge < -0.3 is 21.3 Å². The molecule has 0 spiro atoms. The number of anilines is 1. The molecule has 4 aromatic rings. The van der Waals surface area contributed by atoms with Crippen molar-refractivity contribution in [1.82, 2.24) is 9.97 Å². The van der Waals surface area contributed by atoms with Crippen LogP contribution < -0.4 is 16.2 Å². The molecule has 2 atom stereocenters. The van der Waals surface area contributed by atoms with Gasteiger partial charge in [-0.25, -0.2) is 4.98 Å². The lowest BCUT2D eigenvalue weighted by atomic mass is 9.95. The third-order valence-corrected chi connectivity index (χ3v) is 5.82. The van der Waals surface area contributed by atoms with Gasteiger partial charge in [0.2, 0.25) is 17.9 Å². The van der Waals surface area contributed by atoms with E-state index in [4.69, 9.17) is 21.3 Å². The maximum absolute atomic E-state index is 14.4. The monoisotopic (exact) mass is 533 g/mol. The maximum Gasteiger partial charge on any atom is 0.429 e. The van der Waals surface area contributed by atoms with E-state index in [1.807, 2.05) is 6.07 Å². The normalized spacial score (nSPS) is 12.8. The van der Waals surface area contributed by atoms with Gasteiger partial charge in [-0.1, -0.05) is 60.7 Å². The molecule has 4 rings (SSSR count). The molecular formula is C28H22F3N5O3. The Labute approximate surface area is 221 Å². The zero-order chi connectivity index (χ0) is 28.2. The van der Waals surface area contributed by atoms with Crippen molar-refractivity contribution in [1.29, 1.82) is 5.26 Å². The Kier molecular flexibility index (Phi) is 7.78. The molecule has 1 unspecified atom stereocenters. The van der Waals surface area contributed by atoms with E-state index in [1.54, 1.807) is 48.5 Å². The second-order valence-electron chi connectivity index (χ2n) is 8.61. The summed E-state index contributed by atoms with van der Waals surface area (Å²) in [5, 5.41) is 18.2. The summed E-state index contributed by atoms with van der Waals surface area (Å²) >= 11 is 0. The van der Waals surface area contributed by atoms with Crippen LogP contribution in [0.3, 0.4) is 0 Å². The Hall–Kier alpha value is -4.95. The van der Waals surface area contributed by atoms with Gasteiger partial charge in [-0.05, 0) is 35.2 Å². The van der Waals surface area contributed by atoms with Crippen LogP contribution in [-0.4, -0.2) is 33.3 Å². The standard InChI is InChI=1S/C28H22F3N5O3/c29-28(30,31)25(21-7-2-1-6-20(21)19-5-3-4-17(12-19)15-32)39-24-14-23(35-27(34)36-24)18-10-8-16(9-11-18)13-22(33)26(37)38/h1-12,14,22,25H,13,33H2,(H,37,38)(H2,34,35,36)/t22-,25?/m0/s1. The molecule has 39 heavy (non-hydrogen) atoms. The summed E-state index contributed by atoms with van der Waals surface area (Å²) in [6, 6.07) is 20.8. The molecule has 0 saturated carbocycles. The van der Waals surface area contributed by atoms with Crippen LogP contribution in [0.1, 0.15) is 22.8 Å². The van der Waals surface area contributed by atoms with Crippen molar-refractivity contribution >= 4 is 11.9 Å². The van der Waals surface area contributed by atoms with Gasteiger partial charge in [0.25, 0.3) is 0 Å². The van der Waals surface area contributed by atoms with Crippen LogP contribution in [0.5, 0.6) is 5.88 Å². The molecule has 11 heteroatoms. The van der Waals surface area contributed by atoms with E-state index in [9.17, 15) is 23.2 Å². The van der Waals surface area contributed by atoms with Crippen molar-refractivity contribution in [3.8, 4) is 34.3 Å². The zero-order valence-electron chi connectivity index (χ0n) is 20.3. The summed E-state index contributed by atoms with van der Waals surface area (Å²) in [5.74, 6) is -1.82. The lowest BCUT2D eigenvalue weighted by Crippen LogP contribution is -2.32. The summed E-state index contributed by atoms with van der Waals surface area (Å²) in [5.41, 5.74) is 13.5. The van der Waals surface area contributed by atoms with E-state index >= 15 is 0 Å². The highest BCUT2D eigenvalue weighted by Crippen LogP contribution is 2.41. The average Bonchev–Trinajstić information content (AvgIpc) is 2.91. The molecular weight excluding hydrogens is 511 g/mol. The summed E-state index contributed by atoms with van der Waals surface area (Å²) in [6.45, 7) is 0. The summed E-state index contributed by atoms with van der Waals surface area (Å²) < 4.78 is 48.5. The van der Waals surface area contributed by atoms with E-state index < -0.39 is 30.2 Å². The minimum atomic E-state index is -4.83. The van der Waals surface area contributed by atoms with Gasteiger partial charge in [-0.2, -0.15) is 23.4 Å². The molecule has 0 aliphatic carbocycles. The van der Waals surface area contributed by atoms with E-state index in [1.165, 1.54) is 30.3 Å².